The molecule has 0 saturated heterocycles. The standard InChI is InChI=1S/C6H9NO3/c1-5(8)7-4-3-6(9)10-2/h3-4H,1-2H3,(H,7,8)/b4-3+. The van der Waals surface area contributed by atoms with Crippen molar-refractivity contribution in [2.45, 2.75) is 6.92 Å². The van der Waals surface area contributed by atoms with E-state index in [0.29, 0.717) is 0 Å². The minimum Gasteiger partial charge on any atom is -0.466 e. The summed E-state index contributed by atoms with van der Waals surface area (Å²) < 4.78 is 4.25. The fourth-order valence-corrected chi connectivity index (χ4v) is 0.295. The van der Waals surface area contributed by atoms with Crippen LogP contribution in [0.2, 0.25) is 0 Å². The highest BCUT2D eigenvalue weighted by atomic mass is 16.5. The molecule has 0 fully saturated rings. The van der Waals surface area contributed by atoms with E-state index in [2.05, 4.69) is 10.1 Å². The molecule has 0 aliphatic carbocycles. The predicted octanol–water partition coefficient (Wildman–Crippen LogP) is -0.191. The molecule has 0 aromatic rings. The summed E-state index contributed by atoms with van der Waals surface area (Å²) in [5.74, 6) is -0.714. The van der Waals surface area contributed by atoms with Crippen LogP contribution in [0.4, 0.5) is 0 Å². The summed E-state index contributed by atoms with van der Waals surface area (Å²) in [5.41, 5.74) is 0. The van der Waals surface area contributed by atoms with Gasteiger partial charge in [-0.05, 0) is 0 Å². The fraction of sp³-hybridized carbons (Fsp3) is 0.333. The molecule has 0 aromatic heterocycles. The van der Waals surface area contributed by atoms with Crippen molar-refractivity contribution in [1.82, 2.24) is 5.32 Å². The van der Waals surface area contributed by atoms with Crippen LogP contribution in [0.25, 0.3) is 0 Å². The first kappa shape index (κ1) is 8.68. The number of ether oxygens (including phenoxy) is 1. The quantitative estimate of drug-likeness (QED) is 0.430. The molecule has 4 nitrogen and oxygen atoms in total. The Morgan fingerprint density at radius 3 is 2.50 bits per heavy atom. The molecule has 0 spiro atoms. The Bertz CT molecular complexity index is 162. The highest BCUT2D eigenvalue weighted by Crippen LogP contribution is 1.74. The normalized spacial score (nSPS) is 9.40. The maximum absolute atomic E-state index is 10.3. The van der Waals surface area contributed by atoms with Crippen molar-refractivity contribution in [2.24, 2.45) is 0 Å². The van der Waals surface area contributed by atoms with E-state index in [-0.39, 0.29) is 5.91 Å². The Kier molecular flexibility index (Phi) is 3.95. The van der Waals surface area contributed by atoms with Gasteiger partial charge in [0.25, 0.3) is 0 Å². The lowest BCUT2D eigenvalue weighted by atomic mass is 10.6. The third kappa shape index (κ3) is 4.83. The lowest BCUT2D eigenvalue weighted by molar-refractivity contribution is -0.134. The third-order valence-electron chi connectivity index (χ3n) is 0.707. The van der Waals surface area contributed by atoms with Gasteiger partial charge in [0.1, 0.15) is 0 Å². The maximum atomic E-state index is 10.3. The summed E-state index contributed by atoms with van der Waals surface area (Å²) >= 11 is 0. The highest BCUT2D eigenvalue weighted by Gasteiger charge is 1.89. The van der Waals surface area contributed by atoms with Gasteiger partial charge >= 0.3 is 5.97 Å². The molecule has 0 aliphatic rings. The Morgan fingerprint density at radius 2 is 2.10 bits per heavy atom. The van der Waals surface area contributed by atoms with Crippen LogP contribution in [0.3, 0.4) is 0 Å². The first-order valence-corrected chi connectivity index (χ1v) is 2.68. The van der Waals surface area contributed by atoms with Crippen molar-refractivity contribution in [3.8, 4) is 0 Å². The predicted molar refractivity (Wildman–Crippen MR) is 35.0 cm³/mol. The first-order valence-electron chi connectivity index (χ1n) is 2.68. The molecule has 0 atom stereocenters. The van der Waals surface area contributed by atoms with E-state index in [1.165, 1.54) is 20.2 Å². The molecule has 0 unspecified atom stereocenters. The van der Waals surface area contributed by atoms with Gasteiger partial charge in [-0.1, -0.05) is 0 Å². The SMILES string of the molecule is COC(=O)/C=C/NC(C)=O. The fourth-order valence-electron chi connectivity index (χ4n) is 0.295. The van der Waals surface area contributed by atoms with Crippen molar-refractivity contribution in [2.75, 3.05) is 7.11 Å². The van der Waals surface area contributed by atoms with E-state index in [4.69, 9.17) is 0 Å². The summed E-state index contributed by atoms with van der Waals surface area (Å²) in [7, 11) is 1.26. The van der Waals surface area contributed by atoms with Gasteiger partial charge in [-0.2, -0.15) is 0 Å². The van der Waals surface area contributed by atoms with Crippen LogP contribution in [0, 0.1) is 0 Å². The molecule has 1 N–H and O–H groups in total. The minimum absolute atomic E-state index is 0.222. The molecule has 0 rings (SSSR count). The van der Waals surface area contributed by atoms with Crippen molar-refractivity contribution < 1.29 is 14.3 Å². The molecule has 10 heavy (non-hydrogen) atoms. The van der Waals surface area contributed by atoms with Crippen molar-refractivity contribution >= 4 is 11.9 Å². The average Bonchev–Trinajstić information content (AvgIpc) is 1.87. The molecular formula is C6H9NO3. The van der Waals surface area contributed by atoms with E-state index >= 15 is 0 Å². The van der Waals surface area contributed by atoms with Gasteiger partial charge in [-0.3, -0.25) is 4.79 Å². The van der Waals surface area contributed by atoms with E-state index < -0.39 is 5.97 Å². The number of carbonyl (C=O) groups excluding carboxylic acids is 2. The van der Waals surface area contributed by atoms with Gasteiger partial charge in [0, 0.05) is 19.2 Å². The topological polar surface area (TPSA) is 55.4 Å². The van der Waals surface area contributed by atoms with Crippen LogP contribution >= 0.6 is 0 Å². The Labute approximate surface area is 58.9 Å². The van der Waals surface area contributed by atoms with Gasteiger partial charge < -0.3 is 10.1 Å². The molecule has 4 heteroatoms. The summed E-state index contributed by atoms with van der Waals surface area (Å²) in [6, 6.07) is 0. The van der Waals surface area contributed by atoms with Crippen molar-refractivity contribution in [3.63, 3.8) is 0 Å². The summed E-state index contributed by atoms with van der Waals surface area (Å²) in [5, 5.41) is 2.29. The smallest absolute Gasteiger partial charge is 0.331 e. The number of rotatable bonds is 2. The van der Waals surface area contributed by atoms with Crippen LogP contribution < -0.4 is 5.32 Å². The zero-order valence-corrected chi connectivity index (χ0v) is 5.88. The Balaban J connectivity index is 3.56. The Hall–Kier alpha value is -1.32. The zero-order valence-electron chi connectivity index (χ0n) is 5.88. The largest absolute Gasteiger partial charge is 0.466 e. The van der Waals surface area contributed by atoms with E-state index in [1.807, 2.05) is 0 Å². The van der Waals surface area contributed by atoms with Crippen LogP contribution in [0.5, 0.6) is 0 Å². The van der Waals surface area contributed by atoms with Crippen LogP contribution in [-0.2, 0) is 14.3 Å². The molecule has 0 saturated carbocycles. The number of nitrogens with one attached hydrogen (secondary N) is 1. The van der Waals surface area contributed by atoms with E-state index in [1.54, 1.807) is 0 Å². The van der Waals surface area contributed by atoms with E-state index in [9.17, 15) is 9.59 Å². The zero-order chi connectivity index (χ0) is 7.98. The molecular weight excluding hydrogens is 134 g/mol. The summed E-state index contributed by atoms with van der Waals surface area (Å²) in [4.78, 5) is 20.5. The Morgan fingerprint density at radius 1 is 1.50 bits per heavy atom. The van der Waals surface area contributed by atoms with Crippen LogP contribution in [0.1, 0.15) is 6.92 Å². The molecule has 0 radical (unpaired) electrons. The summed E-state index contributed by atoms with van der Waals surface area (Å²) in [6.07, 6.45) is 2.36. The minimum atomic E-state index is -0.492. The lowest BCUT2D eigenvalue weighted by Crippen LogP contribution is -2.12. The molecule has 0 aromatic carbocycles. The molecule has 0 bridgehead atoms. The van der Waals surface area contributed by atoms with Crippen molar-refractivity contribution in [3.05, 3.63) is 12.3 Å². The van der Waals surface area contributed by atoms with Crippen LogP contribution in [0.15, 0.2) is 12.3 Å². The number of amides is 1. The molecule has 0 aliphatic heterocycles. The highest BCUT2D eigenvalue weighted by molar-refractivity contribution is 5.83. The average molecular weight is 143 g/mol. The van der Waals surface area contributed by atoms with Crippen molar-refractivity contribution in [1.29, 1.82) is 0 Å². The van der Waals surface area contributed by atoms with E-state index in [0.717, 1.165) is 6.08 Å². The third-order valence-corrected chi connectivity index (χ3v) is 0.707. The van der Waals surface area contributed by atoms with Gasteiger partial charge in [0.05, 0.1) is 7.11 Å². The van der Waals surface area contributed by atoms with Crippen LogP contribution in [-0.4, -0.2) is 19.0 Å². The summed E-state index contributed by atoms with van der Waals surface area (Å²) in [6.45, 7) is 1.35. The number of methoxy groups -OCH3 is 1. The van der Waals surface area contributed by atoms with Gasteiger partial charge in [-0.15, -0.1) is 0 Å². The molecule has 56 valence electrons. The number of hydrogen-bond donors (Lipinski definition) is 1. The monoisotopic (exact) mass is 143 g/mol. The first-order chi connectivity index (χ1) is 4.66. The molecule has 0 heterocycles. The lowest BCUT2D eigenvalue weighted by Gasteiger charge is -1.90. The second kappa shape index (κ2) is 4.55. The molecule has 1 amide bonds. The number of esters is 1. The second-order valence-electron chi connectivity index (χ2n) is 1.56. The maximum Gasteiger partial charge on any atom is 0.331 e. The number of hydrogen-bond acceptors (Lipinski definition) is 3. The second-order valence-corrected chi connectivity index (χ2v) is 1.56. The van der Waals surface area contributed by atoms with Gasteiger partial charge in [-0.25, -0.2) is 4.79 Å². The van der Waals surface area contributed by atoms with Gasteiger partial charge in [0.15, 0.2) is 0 Å². The van der Waals surface area contributed by atoms with Gasteiger partial charge in [0.2, 0.25) is 5.91 Å². The number of carbonyl (C=O) groups is 2.